The maximum Gasteiger partial charge on any atom is 0.266 e. The van der Waals surface area contributed by atoms with E-state index in [1.165, 1.54) is 11.3 Å². The van der Waals surface area contributed by atoms with Gasteiger partial charge in [0.2, 0.25) is 5.91 Å². The number of imide groups is 1. The molecular formula is C24H16N4O3S. The first-order valence-corrected chi connectivity index (χ1v) is 10.7. The van der Waals surface area contributed by atoms with Gasteiger partial charge < -0.3 is 5.32 Å². The number of carbonyl (C=O) groups is 3. The Balaban J connectivity index is 1.30. The van der Waals surface area contributed by atoms with Gasteiger partial charge in [-0.05, 0) is 42.5 Å². The molecule has 32 heavy (non-hydrogen) atoms. The van der Waals surface area contributed by atoms with Crippen LogP contribution in [-0.4, -0.2) is 27.7 Å². The van der Waals surface area contributed by atoms with Crippen LogP contribution in [0.2, 0.25) is 0 Å². The second kappa shape index (κ2) is 8.16. The lowest BCUT2D eigenvalue weighted by atomic mass is 10.1. The molecule has 0 fully saturated rings. The fraction of sp³-hybridized carbons (Fsp3) is 0.0417. The van der Waals surface area contributed by atoms with Crippen molar-refractivity contribution >= 4 is 40.4 Å². The van der Waals surface area contributed by atoms with E-state index < -0.39 is 0 Å². The molecule has 3 amide bonds. The largest absolute Gasteiger partial charge is 0.326 e. The van der Waals surface area contributed by atoms with Crippen LogP contribution in [0.5, 0.6) is 0 Å². The highest BCUT2D eigenvalue weighted by Gasteiger charge is 2.36. The second-order valence-corrected chi connectivity index (χ2v) is 8.01. The Morgan fingerprint density at radius 1 is 0.969 bits per heavy atom. The highest BCUT2D eigenvalue weighted by atomic mass is 32.1. The average molecular weight is 440 g/mol. The maximum atomic E-state index is 12.7. The Bertz CT molecular complexity index is 1320. The summed E-state index contributed by atoms with van der Waals surface area (Å²) in [7, 11) is 0. The summed E-state index contributed by atoms with van der Waals surface area (Å²) in [4.78, 5) is 47.7. The Morgan fingerprint density at radius 3 is 2.47 bits per heavy atom. The Labute approximate surface area is 187 Å². The summed E-state index contributed by atoms with van der Waals surface area (Å²) in [5, 5.41) is 5.46. The molecule has 8 heteroatoms. The number of rotatable bonds is 5. The van der Waals surface area contributed by atoms with Gasteiger partial charge >= 0.3 is 0 Å². The number of thiazole rings is 1. The monoisotopic (exact) mass is 440 g/mol. The first-order valence-electron chi connectivity index (χ1n) is 9.83. The number of nitrogens with one attached hydrogen (secondary N) is 1. The van der Waals surface area contributed by atoms with Crippen LogP contribution in [-0.2, 0) is 11.2 Å². The van der Waals surface area contributed by atoms with Crippen molar-refractivity contribution in [3.63, 3.8) is 0 Å². The Hall–Kier alpha value is -4.17. The molecule has 1 aliphatic heterocycles. The third-order valence-electron chi connectivity index (χ3n) is 4.98. The fourth-order valence-corrected chi connectivity index (χ4v) is 4.34. The normalized spacial score (nSPS) is 12.7. The van der Waals surface area contributed by atoms with Gasteiger partial charge in [-0.15, -0.1) is 11.3 Å². The maximum absolute atomic E-state index is 12.7. The van der Waals surface area contributed by atoms with Crippen LogP contribution in [0, 0.1) is 0 Å². The summed E-state index contributed by atoms with van der Waals surface area (Å²) >= 11 is 1.45. The van der Waals surface area contributed by atoms with Crippen molar-refractivity contribution in [2.75, 3.05) is 10.2 Å². The first kappa shape index (κ1) is 19.8. The molecular weight excluding hydrogens is 424 g/mol. The lowest BCUT2D eigenvalue weighted by molar-refractivity contribution is -0.115. The van der Waals surface area contributed by atoms with E-state index in [0.717, 1.165) is 15.5 Å². The molecule has 0 aliphatic carbocycles. The van der Waals surface area contributed by atoms with Gasteiger partial charge in [-0.25, -0.2) is 9.88 Å². The van der Waals surface area contributed by atoms with Crippen molar-refractivity contribution in [1.29, 1.82) is 0 Å². The predicted octanol–water partition coefficient (Wildman–Crippen LogP) is 4.19. The number of carbonyl (C=O) groups excluding carboxylic acids is 3. The van der Waals surface area contributed by atoms with Crippen LogP contribution in [0.3, 0.4) is 0 Å². The van der Waals surface area contributed by atoms with Gasteiger partial charge in [0, 0.05) is 29.0 Å². The molecule has 7 nitrogen and oxygen atoms in total. The van der Waals surface area contributed by atoms with Gasteiger partial charge in [-0.3, -0.25) is 19.4 Å². The van der Waals surface area contributed by atoms with Crippen LogP contribution in [0.4, 0.5) is 11.4 Å². The van der Waals surface area contributed by atoms with Crippen molar-refractivity contribution in [2.45, 2.75) is 6.42 Å². The van der Waals surface area contributed by atoms with Gasteiger partial charge in [-0.1, -0.05) is 18.2 Å². The molecule has 1 aliphatic rings. The number of hydrogen-bond acceptors (Lipinski definition) is 6. The molecule has 3 heterocycles. The van der Waals surface area contributed by atoms with Crippen LogP contribution in [0.25, 0.3) is 10.6 Å². The number of nitrogens with zero attached hydrogens (tertiary/aromatic N) is 3. The Morgan fingerprint density at radius 2 is 1.75 bits per heavy atom. The minimum atomic E-state index is -0.375. The van der Waals surface area contributed by atoms with Crippen molar-refractivity contribution in [3.8, 4) is 10.6 Å². The molecule has 4 aromatic rings. The summed E-state index contributed by atoms with van der Waals surface area (Å²) in [6, 6.07) is 17.2. The number of hydrogen-bond donors (Lipinski definition) is 1. The van der Waals surface area contributed by atoms with Gasteiger partial charge in [0.25, 0.3) is 11.8 Å². The minimum Gasteiger partial charge on any atom is -0.326 e. The minimum absolute atomic E-state index is 0.105. The van der Waals surface area contributed by atoms with Crippen molar-refractivity contribution in [2.24, 2.45) is 0 Å². The molecule has 0 bridgehead atoms. The van der Waals surface area contributed by atoms with Crippen LogP contribution in [0.1, 0.15) is 26.4 Å². The van der Waals surface area contributed by atoms with Crippen LogP contribution >= 0.6 is 11.3 Å². The van der Waals surface area contributed by atoms with E-state index in [-0.39, 0.29) is 24.1 Å². The predicted molar refractivity (Wildman–Crippen MR) is 122 cm³/mol. The summed E-state index contributed by atoms with van der Waals surface area (Å²) in [5.41, 5.74) is 3.20. The van der Waals surface area contributed by atoms with Crippen molar-refractivity contribution in [3.05, 3.63) is 95.3 Å². The third-order valence-corrected chi connectivity index (χ3v) is 5.92. The van der Waals surface area contributed by atoms with E-state index in [1.54, 1.807) is 60.9 Å². The molecule has 0 radical (unpaired) electrons. The van der Waals surface area contributed by atoms with Crippen molar-refractivity contribution < 1.29 is 14.4 Å². The zero-order chi connectivity index (χ0) is 22.1. The van der Waals surface area contributed by atoms with Crippen LogP contribution < -0.4 is 10.2 Å². The summed E-state index contributed by atoms with van der Waals surface area (Å²) in [6.45, 7) is 0. The van der Waals surface area contributed by atoms with E-state index >= 15 is 0 Å². The Kier molecular flexibility index (Phi) is 5.04. The van der Waals surface area contributed by atoms with E-state index in [4.69, 9.17) is 0 Å². The zero-order valence-corrected chi connectivity index (χ0v) is 17.5. The molecule has 0 saturated carbocycles. The molecule has 156 valence electrons. The summed E-state index contributed by atoms with van der Waals surface area (Å²) in [5.74, 6) is -0.994. The molecule has 5 rings (SSSR count). The standard InChI is InChI=1S/C24H16N4O3S/c29-21(12-17-14-32-22(27-17)15-5-4-10-25-13-15)26-16-6-3-7-18(11-16)28-23(30)19-8-1-2-9-20(19)24(28)31/h1-11,13-14H,12H2,(H,26,29). The molecule has 0 spiro atoms. The van der Waals surface area contributed by atoms with E-state index in [0.29, 0.717) is 28.2 Å². The number of anilines is 2. The zero-order valence-electron chi connectivity index (χ0n) is 16.7. The number of amides is 3. The molecule has 0 atom stereocenters. The first-order chi connectivity index (χ1) is 15.6. The SMILES string of the molecule is O=C(Cc1csc(-c2cccnc2)n1)Nc1cccc(N2C(=O)c3ccccc3C2=O)c1. The smallest absolute Gasteiger partial charge is 0.266 e. The summed E-state index contributed by atoms with van der Waals surface area (Å²) in [6.07, 6.45) is 3.53. The quantitative estimate of drug-likeness (QED) is 0.470. The molecule has 0 unspecified atom stereocenters. The molecule has 2 aromatic carbocycles. The van der Waals surface area contributed by atoms with Gasteiger partial charge in [0.15, 0.2) is 0 Å². The van der Waals surface area contributed by atoms with Gasteiger partial charge in [-0.2, -0.15) is 0 Å². The highest BCUT2D eigenvalue weighted by Crippen LogP contribution is 2.30. The second-order valence-electron chi connectivity index (χ2n) is 7.15. The van der Waals surface area contributed by atoms with Gasteiger partial charge in [0.05, 0.1) is 28.9 Å². The van der Waals surface area contributed by atoms with E-state index in [2.05, 4.69) is 15.3 Å². The molecule has 0 saturated heterocycles. The van der Waals surface area contributed by atoms with Crippen molar-refractivity contribution in [1.82, 2.24) is 9.97 Å². The molecule has 2 aromatic heterocycles. The lowest BCUT2D eigenvalue weighted by Gasteiger charge is -2.15. The fourth-order valence-electron chi connectivity index (χ4n) is 3.53. The number of pyridine rings is 1. The number of aromatic nitrogens is 2. The van der Waals surface area contributed by atoms with Crippen LogP contribution in [0.15, 0.2) is 78.4 Å². The van der Waals surface area contributed by atoms with E-state index in [9.17, 15) is 14.4 Å². The summed E-state index contributed by atoms with van der Waals surface area (Å²) < 4.78 is 0. The van der Waals surface area contributed by atoms with E-state index in [1.807, 2.05) is 17.5 Å². The highest BCUT2D eigenvalue weighted by molar-refractivity contribution is 7.13. The number of benzene rings is 2. The lowest BCUT2D eigenvalue weighted by Crippen LogP contribution is -2.29. The molecule has 1 N–H and O–H groups in total. The average Bonchev–Trinajstić information content (AvgIpc) is 3.37. The van der Waals surface area contributed by atoms with Gasteiger partial charge in [0.1, 0.15) is 5.01 Å². The number of fused-ring (bicyclic) bond motifs is 1. The topological polar surface area (TPSA) is 92.3 Å². The third kappa shape index (κ3) is 3.67.